The second kappa shape index (κ2) is 5.47. The van der Waals surface area contributed by atoms with Gasteiger partial charge in [0.2, 0.25) is 0 Å². The van der Waals surface area contributed by atoms with Crippen LogP contribution in [0.1, 0.15) is 36.3 Å². The minimum atomic E-state index is 0.702. The van der Waals surface area contributed by atoms with Gasteiger partial charge in [0.05, 0.1) is 10.7 Å². The van der Waals surface area contributed by atoms with Crippen LogP contribution in [0.4, 0.5) is 0 Å². The molecule has 1 N–H and O–H groups in total. The van der Waals surface area contributed by atoms with Crippen molar-refractivity contribution in [3.63, 3.8) is 0 Å². The van der Waals surface area contributed by atoms with E-state index in [9.17, 15) is 0 Å². The standard InChI is InChI=1S/C11H20N2S/c1-5-9-10(7-12-4)14-11(13-9)6-8(2)3/h8,12H,5-7H2,1-4H3. The van der Waals surface area contributed by atoms with Crippen LogP contribution in [0.25, 0.3) is 0 Å². The van der Waals surface area contributed by atoms with Gasteiger partial charge in [0.1, 0.15) is 0 Å². The molecule has 0 amide bonds. The van der Waals surface area contributed by atoms with Gasteiger partial charge >= 0.3 is 0 Å². The highest BCUT2D eigenvalue weighted by Gasteiger charge is 2.09. The fourth-order valence-corrected chi connectivity index (χ4v) is 2.83. The SMILES string of the molecule is CCc1nc(CC(C)C)sc1CNC. The zero-order valence-corrected chi connectivity index (χ0v) is 10.4. The molecule has 1 aromatic heterocycles. The molecular weight excluding hydrogens is 192 g/mol. The van der Waals surface area contributed by atoms with Crippen molar-refractivity contribution in [3.8, 4) is 0 Å². The van der Waals surface area contributed by atoms with Crippen LogP contribution in [-0.2, 0) is 19.4 Å². The predicted molar refractivity (Wildman–Crippen MR) is 62.8 cm³/mol. The molecule has 0 fully saturated rings. The summed E-state index contributed by atoms with van der Waals surface area (Å²) in [5.41, 5.74) is 1.28. The molecule has 0 aliphatic rings. The van der Waals surface area contributed by atoms with Gasteiger partial charge in [0, 0.05) is 17.8 Å². The number of aromatic nitrogens is 1. The summed E-state index contributed by atoms with van der Waals surface area (Å²) >= 11 is 1.86. The quantitative estimate of drug-likeness (QED) is 0.811. The van der Waals surface area contributed by atoms with Gasteiger partial charge in [0.15, 0.2) is 0 Å². The summed E-state index contributed by atoms with van der Waals surface area (Å²) in [6.07, 6.45) is 2.16. The van der Waals surface area contributed by atoms with Gasteiger partial charge in [-0.2, -0.15) is 0 Å². The van der Waals surface area contributed by atoms with Crippen LogP contribution >= 0.6 is 11.3 Å². The molecule has 2 nitrogen and oxygen atoms in total. The van der Waals surface area contributed by atoms with Gasteiger partial charge < -0.3 is 5.32 Å². The molecule has 0 unspecified atom stereocenters. The molecule has 14 heavy (non-hydrogen) atoms. The summed E-state index contributed by atoms with van der Waals surface area (Å²) in [7, 11) is 1.99. The average Bonchev–Trinajstić information content (AvgIpc) is 2.47. The Balaban J connectivity index is 2.77. The van der Waals surface area contributed by atoms with Crippen LogP contribution < -0.4 is 5.32 Å². The molecule has 0 saturated heterocycles. The maximum Gasteiger partial charge on any atom is 0.0934 e. The Morgan fingerprint density at radius 2 is 2.14 bits per heavy atom. The van der Waals surface area contributed by atoms with E-state index in [1.807, 2.05) is 18.4 Å². The molecule has 0 atom stereocenters. The number of aryl methyl sites for hydroxylation is 1. The van der Waals surface area contributed by atoms with Gasteiger partial charge in [-0.25, -0.2) is 4.98 Å². The highest BCUT2D eigenvalue weighted by Crippen LogP contribution is 2.21. The summed E-state index contributed by atoms with van der Waals surface area (Å²) in [6, 6.07) is 0. The Bertz CT molecular complexity index is 279. The molecule has 0 aliphatic carbocycles. The number of thiazole rings is 1. The monoisotopic (exact) mass is 212 g/mol. The fraction of sp³-hybridized carbons (Fsp3) is 0.727. The Hall–Kier alpha value is -0.410. The number of rotatable bonds is 5. The van der Waals surface area contributed by atoms with Crippen molar-refractivity contribution in [1.29, 1.82) is 0 Å². The lowest BCUT2D eigenvalue weighted by molar-refractivity contribution is 0.643. The first-order valence-electron chi connectivity index (χ1n) is 5.29. The highest BCUT2D eigenvalue weighted by molar-refractivity contribution is 7.11. The second-order valence-corrected chi connectivity index (χ2v) is 5.13. The first-order valence-corrected chi connectivity index (χ1v) is 6.11. The first kappa shape index (κ1) is 11.7. The first-order chi connectivity index (χ1) is 6.67. The Kier molecular flexibility index (Phi) is 4.55. The lowest BCUT2D eigenvalue weighted by atomic mass is 10.1. The van der Waals surface area contributed by atoms with E-state index in [1.54, 1.807) is 0 Å². The third-order valence-corrected chi connectivity index (χ3v) is 3.20. The van der Waals surface area contributed by atoms with E-state index in [0.29, 0.717) is 5.92 Å². The van der Waals surface area contributed by atoms with Crippen molar-refractivity contribution < 1.29 is 0 Å². The topological polar surface area (TPSA) is 24.9 Å². The largest absolute Gasteiger partial charge is 0.315 e. The fourth-order valence-electron chi connectivity index (χ4n) is 1.45. The van der Waals surface area contributed by atoms with Gasteiger partial charge in [0.25, 0.3) is 0 Å². The lowest BCUT2D eigenvalue weighted by Gasteiger charge is -1.98. The molecule has 1 aromatic rings. The predicted octanol–water partition coefficient (Wildman–Crippen LogP) is 2.62. The zero-order chi connectivity index (χ0) is 10.6. The van der Waals surface area contributed by atoms with Crippen molar-refractivity contribution in [2.24, 2.45) is 5.92 Å². The molecule has 1 heterocycles. The Morgan fingerprint density at radius 3 is 2.64 bits per heavy atom. The van der Waals surface area contributed by atoms with Crippen molar-refractivity contribution >= 4 is 11.3 Å². The maximum absolute atomic E-state index is 4.67. The number of hydrogen-bond acceptors (Lipinski definition) is 3. The summed E-state index contributed by atoms with van der Waals surface area (Å²) < 4.78 is 0. The van der Waals surface area contributed by atoms with Crippen LogP contribution in [0.15, 0.2) is 0 Å². The van der Waals surface area contributed by atoms with Gasteiger partial charge in [-0.3, -0.25) is 0 Å². The van der Waals surface area contributed by atoms with Crippen molar-refractivity contribution in [3.05, 3.63) is 15.6 Å². The highest BCUT2D eigenvalue weighted by atomic mass is 32.1. The van der Waals surface area contributed by atoms with Crippen molar-refractivity contribution in [2.75, 3.05) is 7.05 Å². The third-order valence-electron chi connectivity index (χ3n) is 2.08. The number of nitrogens with zero attached hydrogens (tertiary/aromatic N) is 1. The van der Waals surface area contributed by atoms with Gasteiger partial charge in [-0.1, -0.05) is 20.8 Å². The Labute approximate surface area is 90.8 Å². The molecule has 80 valence electrons. The molecule has 1 rings (SSSR count). The van der Waals surface area contributed by atoms with Crippen LogP contribution in [0.2, 0.25) is 0 Å². The summed E-state index contributed by atoms with van der Waals surface area (Å²) in [4.78, 5) is 6.07. The third kappa shape index (κ3) is 3.07. The van der Waals surface area contributed by atoms with Crippen LogP contribution in [0.3, 0.4) is 0 Å². The van der Waals surface area contributed by atoms with E-state index in [0.717, 1.165) is 19.4 Å². The molecule has 3 heteroatoms. The number of nitrogens with one attached hydrogen (secondary N) is 1. The summed E-state index contributed by atoms with van der Waals surface area (Å²) in [5, 5.41) is 4.49. The minimum absolute atomic E-state index is 0.702. The summed E-state index contributed by atoms with van der Waals surface area (Å²) in [6.45, 7) is 7.61. The summed E-state index contributed by atoms with van der Waals surface area (Å²) in [5.74, 6) is 0.702. The molecule has 0 aromatic carbocycles. The van der Waals surface area contributed by atoms with E-state index < -0.39 is 0 Å². The smallest absolute Gasteiger partial charge is 0.0934 e. The van der Waals surface area contributed by atoms with Gasteiger partial charge in [-0.15, -0.1) is 11.3 Å². The molecular formula is C11H20N2S. The number of hydrogen-bond donors (Lipinski definition) is 1. The van der Waals surface area contributed by atoms with Crippen LogP contribution in [0.5, 0.6) is 0 Å². The Morgan fingerprint density at radius 1 is 1.43 bits per heavy atom. The van der Waals surface area contributed by atoms with Crippen LogP contribution in [0, 0.1) is 5.92 Å². The molecule has 0 radical (unpaired) electrons. The lowest BCUT2D eigenvalue weighted by Crippen LogP contribution is -2.05. The van der Waals surface area contributed by atoms with E-state index in [2.05, 4.69) is 31.1 Å². The van der Waals surface area contributed by atoms with E-state index >= 15 is 0 Å². The van der Waals surface area contributed by atoms with Crippen LogP contribution in [-0.4, -0.2) is 12.0 Å². The van der Waals surface area contributed by atoms with Crippen molar-refractivity contribution in [2.45, 2.75) is 40.2 Å². The molecule has 0 saturated carbocycles. The van der Waals surface area contributed by atoms with E-state index in [4.69, 9.17) is 0 Å². The molecule has 0 bridgehead atoms. The molecule has 0 spiro atoms. The molecule has 0 aliphatic heterocycles. The zero-order valence-electron chi connectivity index (χ0n) is 9.55. The normalized spacial score (nSPS) is 11.2. The maximum atomic E-state index is 4.67. The van der Waals surface area contributed by atoms with Gasteiger partial charge in [-0.05, 0) is 19.4 Å². The van der Waals surface area contributed by atoms with Crippen molar-refractivity contribution in [1.82, 2.24) is 10.3 Å². The minimum Gasteiger partial charge on any atom is -0.315 e. The second-order valence-electron chi connectivity index (χ2n) is 3.96. The van der Waals surface area contributed by atoms with E-state index in [1.165, 1.54) is 15.6 Å². The average molecular weight is 212 g/mol. The van der Waals surface area contributed by atoms with E-state index in [-0.39, 0.29) is 0 Å².